The molecular weight excluding hydrogens is 281 g/mol. The van der Waals surface area contributed by atoms with Crippen molar-refractivity contribution in [1.82, 2.24) is 10.2 Å². The maximum absolute atomic E-state index is 13.9. The van der Waals surface area contributed by atoms with E-state index < -0.39 is 0 Å². The molecule has 2 rings (SSSR count). The summed E-state index contributed by atoms with van der Waals surface area (Å²) in [6.45, 7) is 7.19. The first kappa shape index (κ1) is 16.6. The Bertz CT molecular complexity index is 519. The van der Waals surface area contributed by atoms with Gasteiger partial charge in [0.15, 0.2) is 17.5 Å². The van der Waals surface area contributed by atoms with Crippen LogP contribution in [0.1, 0.15) is 32.3 Å². The van der Waals surface area contributed by atoms with Gasteiger partial charge >= 0.3 is 0 Å². The van der Waals surface area contributed by atoms with Gasteiger partial charge in [0.05, 0.1) is 6.61 Å². The molecular formula is C17H26FN3O. The number of guanidine groups is 1. The summed E-state index contributed by atoms with van der Waals surface area (Å²) >= 11 is 0. The number of rotatable bonds is 4. The van der Waals surface area contributed by atoms with E-state index in [2.05, 4.69) is 22.1 Å². The molecule has 22 heavy (non-hydrogen) atoms. The van der Waals surface area contributed by atoms with Gasteiger partial charge in [0.2, 0.25) is 0 Å². The summed E-state index contributed by atoms with van der Waals surface area (Å²) in [5, 5.41) is 3.32. The van der Waals surface area contributed by atoms with Crippen LogP contribution in [0.5, 0.6) is 5.75 Å². The number of ether oxygens (including phenoxy) is 1. The minimum atomic E-state index is -0.317. The Hall–Kier alpha value is -1.78. The molecule has 1 saturated heterocycles. The fraction of sp³-hybridized carbons (Fsp3) is 0.588. The first-order valence-electron chi connectivity index (χ1n) is 8.00. The summed E-state index contributed by atoms with van der Waals surface area (Å²) in [6.07, 6.45) is 2.47. The number of halogens is 1. The number of hydrogen-bond acceptors (Lipinski definition) is 2. The third-order valence-corrected chi connectivity index (χ3v) is 3.92. The zero-order valence-electron chi connectivity index (χ0n) is 13.7. The predicted molar refractivity (Wildman–Crippen MR) is 87.7 cm³/mol. The lowest BCUT2D eigenvalue weighted by molar-refractivity contribution is 0.266. The minimum Gasteiger partial charge on any atom is -0.491 e. The van der Waals surface area contributed by atoms with Gasteiger partial charge in [0.1, 0.15) is 0 Å². The van der Waals surface area contributed by atoms with Gasteiger partial charge in [0.25, 0.3) is 0 Å². The van der Waals surface area contributed by atoms with Crippen molar-refractivity contribution < 1.29 is 9.13 Å². The van der Waals surface area contributed by atoms with Gasteiger partial charge in [-0.25, -0.2) is 4.39 Å². The van der Waals surface area contributed by atoms with Crippen molar-refractivity contribution in [3.63, 3.8) is 0 Å². The lowest BCUT2D eigenvalue weighted by Gasteiger charge is -2.33. The first-order chi connectivity index (χ1) is 10.6. The number of nitrogens with zero attached hydrogens (tertiary/aromatic N) is 2. The van der Waals surface area contributed by atoms with Crippen molar-refractivity contribution >= 4 is 5.96 Å². The summed E-state index contributed by atoms with van der Waals surface area (Å²) in [5.41, 5.74) is 0.882. The number of likely N-dealkylation sites (tertiary alicyclic amines) is 1. The summed E-state index contributed by atoms with van der Waals surface area (Å²) in [4.78, 5) is 6.62. The summed E-state index contributed by atoms with van der Waals surface area (Å²) in [5.74, 6) is 1.57. The average Bonchev–Trinajstić information content (AvgIpc) is 2.51. The molecule has 0 radical (unpaired) electrons. The van der Waals surface area contributed by atoms with E-state index in [0.29, 0.717) is 24.8 Å². The zero-order chi connectivity index (χ0) is 15.9. The first-order valence-corrected chi connectivity index (χ1v) is 8.00. The van der Waals surface area contributed by atoms with Crippen LogP contribution >= 0.6 is 0 Å². The fourth-order valence-electron chi connectivity index (χ4n) is 2.82. The molecule has 1 unspecified atom stereocenters. The van der Waals surface area contributed by atoms with Gasteiger partial charge in [-0.15, -0.1) is 0 Å². The van der Waals surface area contributed by atoms with Crippen LogP contribution < -0.4 is 10.1 Å². The molecule has 1 fully saturated rings. The van der Waals surface area contributed by atoms with Crippen molar-refractivity contribution in [2.45, 2.75) is 33.2 Å². The Morgan fingerprint density at radius 2 is 2.32 bits per heavy atom. The van der Waals surface area contributed by atoms with Gasteiger partial charge in [-0.05, 0) is 43.4 Å². The molecule has 1 aliphatic rings. The molecule has 0 saturated carbocycles. The SMILES string of the molecule is CCOc1ccc(CNC(=NC)N2CCCC(C)C2)cc1F. The second-order valence-corrected chi connectivity index (χ2v) is 5.79. The number of aliphatic imine (C=N–C) groups is 1. The van der Waals surface area contributed by atoms with Crippen LogP contribution in [0.15, 0.2) is 23.2 Å². The molecule has 0 aliphatic carbocycles. The Morgan fingerprint density at radius 3 is 2.95 bits per heavy atom. The molecule has 1 heterocycles. The van der Waals surface area contributed by atoms with Gasteiger partial charge in [0, 0.05) is 26.7 Å². The quantitative estimate of drug-likeness (QED) is 0.686. The van der Waals surface area contributed by atoms with E-state index in [1.54, 1.807) is 13.1 Å². The number of benzene rings is 1. The van der Waals surface area contributed by atoms with E-state index in [1.165, 1.54) is 18.9 Å². The summed E-state index contributed by atoms with van der Waals surface area (Å²) in [7, 11) is 1.79. The van der Waals surface area contributed by atoms with Crippen LogP contribution in [0.2, 0.25) is 0 Å². The molecule has 0 aromatic heterocycles. The predicted octanol–water partition coefficient (Wildman–Crippen LogP) is 3.03. The van der Waals surface area contributed by atoms with E-state index in [9.17, 15) is 4.39 Å². The highest BCUT2D eigenvalue weighted by Crippen LogP contribution is 2.19. The number of nitrogens with one attached hydrogen (secondary N) is 1. The smallest absolute Gasteiger partial charge is 0.193 e. The van der Waals surface area contributed by atoms with Gasteiger partial charge in [-0.3, -0.25) is 4.99 Å². The molecule has 1 aromatic rings. The summed E-state index contributed by atoms with van der Waals surface area (Å²) in [6, 6.07) is 5.08. The number of piperidine rings is 1. The standard InChI is InChI=1S/C17H26FN3O/c1-4-22-16-8-7-14(10-15(16)18)11-20-17(19-3)21-9-5-6-13(2)12-21/h7-8,10,13H,4-6,9,11-12H2,1-3H3,(H,19,20). The average molecular weight is 307 g/mol. The highest BCUT2D eigenvalue weighted by Gasteiger charge is 2.19. The minimum absolute atomic E-state index is 0.306. The molecule has 0 spiro atoms. The van der Waals surface area contributed by atoms with Crippen molar-refractivity contribution in [2.24, 2.45) is 10.9 Å². The van der Waals surface area contributed by atoms with Crippen LogP contribution in [0.3, 0.4) is 0 Å². The van der Waals surface area contributed by atoms with Crippen LogP contribution in [-0.4, -0.2) is 37.6 Å². The van der Waals surface area contributed by atoms with E-state index in [0.717, 1.165) is 24.6 Å². The maximum atomic E-state index is 13.9. The van der Waals surface area contributed by atoms with Gasteiger partial charge < -0.3 is 15.0 Å². The fourth-order valence-corrected chi connectivity index (χ4v) is 2.82. The summed E-state index contributed by atoms with van der Waals surface area (Å²) < 4.78 is 19.1. The largest absolute Gasteiger partial charge is 0.491 e. The second kappa shape index (κ2) is 8.01. The third-order valence-electron chi connectivity index (χ3n) is 3.92. The van der Waals surface area contributed by atoms with Crippen molar-refractivity contribution in [1.29, 1.82) is 0 Å². The monoisotopic (exact) mass is 307 g/mol. The lowest BCUT2D eigenvalue weighted by atomic mass is 10.0. The molecule has 1 aromatic carbocycles. The Kier molecular flexibility index (Phi) is 6.04. The molecule has 5 heteroatoms. The molecule has 1 aliphatic heterocycles. The van der Waals surface area contributed by atoms with Gasteiger partial charge in [-0.2, -0.15) is 0 Å². The van der Waals surface area contributed by atoms with E-state index in [-0.39, 0.29) is 5.82 Å². The molecule has 4 nitrogen and oxygen atoms in total. The van der Waals surface area contributed by atoms with E-state index in [4.69, 9.17) is 4.74 Å². The lowest BCUT2D eigenvalue weighted by Crippen LogP contribution is -2.45. The maximum Gasteiger partial charge on any atom is 0.193 e. The molecule has 0 bridgehead atoms. The normalized spacial score (nSPS) is 19.2. The molecule has 0 amide bonds. The van der Waals surface area contributed by atoms with Gasteiger partial charge in [-0.1, -0.05) is 13.0 Å². The van der Waals surface area contributed by atoms with Crippen molar-refractivity contribution in [2.75, 3.05) is 26.7 Å². The molecule has 1 N–H and O–H groups in total. The molecule has 122 valence electrons. The van der Waals surface area contributed by atoms with Crippen LogP contribution in [0, 0.1) is 11.7 Å². The van der Waals surface area contributed by atoms with E-state index >= 15 is 0 Å². The Balaban J connectivity index is 1.94. The Morgan fingerprint density at radius 1 is 1.50 bits per heavy atom. The topological polar surface area (TPSA) is 36.9 Å². The van der Waals surface area contributed by atoms with E-state index in [1.807, 2.05) is 13.0 Å². The van der Waals surface area contributed by atoms with Crippen molar-refractivity contribution in [3.8, 4) is 5.75 Å². The zero-order valence-corrected chi connectivity index (χ0v) is 13.7. The molecule has 1 atom stereocenters. The van der Waals surface area contributed by atoms with Crippen molar-refractivity contribution in [3.05, 3.63) is 29.6 Å². The third kappa shape index (κ3) is 4.36. The van der Waals surface area contributed by atoms with Crippen LogP contribution in [0.25, 0.3) is 0 Å². The highest BCUT2D eigenvalue weighted by atomic mass is 19.1. The highest BCUT2D eigenvalue weighted by molar-refractivity contribution is 5.80. The van der Waals surface area contributed by atoms with Crippen LogP contribution in [0.4, 0.5) is 4.39 Å². The Labute approximate surface area is 132 Å². The second-order valence-electron chi connectivity index (χ2n) is 5.79. The van der Waals surface area contributed by atoms with Crippen LogP contribution in [-0.2, 0) is 6.54 Å². The number of hydrogen-bond donors (Lipinski definition) is 1.